The minimum Gasteiger partial charge on any atom is -0.489 e. The molecule has 0 amide bonds. The van der Waals surface area contributed by atoms with Gasteiger partial charge in [-0.1, -0.05) is 23.7 Å². The number of halogens is 5. The van der Waals surface area contributed by atoms with Gasteiger partial charge in [0.25, 0.3) is 0 Å². The van der Waals surface area contributed by atoms with E-state index in [9.17, 15) is 17.6 Å². The summed E-state index contributed by atoms with van der Waals surface area (Å²) in [5.74, 6) is -0.358. The Morgan fingerprint density at radius 2 is 1.65 bits per heavy atom. The highest BCUT2D eigenvalue weighted by Crippen LogP contribution is 2.29. The van der Waals surface area contributed by atoms with Crippen LogP contribution in [0.15, 0.2) is 42.5 Å². The molecule has 0 bridgehead atoms. The van der Waals surface area contributed by atoms with E-state index in [1.54, 1.807) is 0 Å². The molecule has 0 atom stereocenters. The number of hydrogen-bond donors (Lipinski definition) is 0. The SMILES string of the molecule is Fc1cc(OCc2ccc(C(F)(F)F)cc2)ccc1Cl. The Hall–Kier alpha value is -1.75. The van der Waals surface area contributed by atoms with Crippen LogP contribution in [0, 0.1) is 5.82 Å². The Kier molecular flexibility index (Phi) is 4.18. The standard InChI is InChI=1S/C14H9ClF4O/c15-12-6-5-11(7-13(12)16)20-8-9-1-3-10(4-2-9)14(17,18)19/h1-7H,8H2. The first-order valence-electron chi connectivity index (χ1n) is 5.60. The van der Waals surface area contributed by atoms with Gasteiger partial charge >= 0.3 is 6.18 Å². The molecule has 6 heteroatoms. The van der Waals surface area contributed by atoms with Crippen molar-refractivity contribution in [3.63, 3.8) is 0 Å². The second-order valence-corrected chi connectivity index (χ2v) is 4.47. The van der Waals surface area contributed by atoms with Gasteiger partial charge in [-0.15, -0.1) is 0 Å². The van der Waals surface area contributed by atoms with Crippen LogP contribution in [-0.4, -0.2) is 0 Å². The lowest BCUT2D eigenvalue weighted by Gasteiger charge is -2.09. The van der Waals surface area contributed by atoms with Crippen LogP contribution in [0.2, 0.25) is 5.02 Å². The zero-order chi connectivity index (χ0) is 14.8. The van der Waals surface area contributed by atoms with Gasteiger partial charge in [0, 0.05) is 6.07 Å². The first-order chi connectivity index (χ1) is 9.36. The van der Waals surface area contributed by atoms with Crippen molar-refractivity contribution >= 4 is 11.6 Å². The van der Waals surface area contributed by atoms with E-state index in [2.05, 4.69) is 0 Å². The fourth-order valence-corrected chi connectivity index (χ4v) is 1.64. The number of hydrogen-bond acceptors (Lipinski definition) is 1. The van der Waals surface area contributed by atoms with E-state index in [0.29, 0.717) is 5.56 Å². The van der Waals surface area contributed by atoms with Crippen LogP contribution in [0.3, 0.4) is 0 Å². The van der Waals surface area contributed by atoms with Crippen molar-refractivity contribution in [1.82, 2.24) is 0 Å². The molecular formula is C14H9ClF4O. The van der Waals surface area contributed by atoms with Gasteiger partial charge in [0.1, 0.15) is 18.2 Å². The minimum atomic E-state index is -4.36. The lowest BCUT2D eigenvalue weighted by molar-refractivity contribution is -0.137. The first-order valence-corrected chi connectivity index (χ1v) is 5.98. The van der Waals surface area contributed by atoms with E-state index in [-0.39, 0.29) is 17.4 Å². The van der Waals surface area contributed by atoms with Gasteiger partial charge in [-0.3, -0.25) is 0 Å². The summed E-state index contributed by atoms with van der Waals surface area (Å²) in [7, 11) is 0. The maximum Gasteiger partial charge on any atom is 0.416 e. The van der Waals surface area contributed by atoms with Crippen molar-refractivity contribution in [2.75, 3.05) is 0 Å². The molecule has 0 saturated heterocycles. The molecule has 0 saturated carbocycles. The summed E-state index contributed by atoms with van der Waals surface area (Å²) in [6.07, 6.45) is -4.36. The van der Waals surface area contributed by atoms with Crippen LogP contribution in [-0.2, 0) is 12.8 Å². The van der Waals surface area contributed by atoms with Crippen molar-refractivity contribution < 1.29 is 22.3 Å². The molecule has 106 valence electrons. The van der Waals surface area contributed by atoms with Crippen molar-refractivity contribution in [3.05, 3.63) is 64.4 Å². The van der Waals surface area contributed by atoms with E-state index >= 15 is 0 Å². The molecule has 0 fully saturated rings. The Morgan fingerprint density at radius 1 is 1.00 bits per heavy atom. The third-order valence-corrected chi connectivity index (χ3v) is 2.88. The van der Waals surface area contributed by atoms with Crippen molar-refractivity contribution in [2.24, 2.45) is 0 Å². The van der Waals surface area contributed by atoms with Crippen LogP contribution >= 0.6 is 11.6 Å². The molecule has 2 aromatic rings. The van der Waals surface area contributed by atoms with Gasteiger partial charge in [-0.2, -0.15) is 13.2 Å². The number of alkyl halides is 3. The van der Waals surface area contributed by atoms with Gasteiger partial charge in [-0.25, -0.2) is 4.39 Å². The van der Waals surface area contributed by atoms with Gasteiger partial charge < -0.3 is 4.74 Å². The summed E-state index contributed by atoms with van der Waals surface area (Å²) in [5.41, 5.74) is -0.174. The fraction of sp³-hybridized carbons (Fsp3) is 0.143. The van der Waals surface area contributed by atoms with Crippen molar-refractivity contribution in [3.8, 4) is 5.75 Å². The maximum atomic E-state index is 13.2. The molecule has 1 nitrogen and oxygen atoms in total. The Labute approximate surface area is 117 Å². The largest absolute Gasteiger partial charge is 0.489 e. The maximum absolute atomic E-state index is 13.2. The van der Waals surface area contributed by atoms with Crippen LogP contribution in [0.4, 0.5) is 17.6 Å². The molecule has 0 spiro atoms. The number of rotatable bonds is 3. The van der Waals surface area contributed by atoms with Crippen molar-refractivity contribution in [2.45, 2.75) is 12.8 Å². The highest BCUT2D eigenvalue weighted by atomic mass is 35.5. The highest BCUT2D eigenvalue weighted by Gasteiger charge is 2.29. The van der Waals surface area contributed by atoms with Crippen LogP contribution in [0.5, 0.6) is 5.75 Å². The van der Waals surface area contributed by atoms with E-state index in [0.717, 1.165) is 18.2 Å². The predicted octanol–water partition coefficient (Wildman–Crippen LogP) is 5.08. The average molecular weight is 305 g/mol. The fourth-order valence-electron chi connectivity index (χ4n) is 1.52. The molecular weight excluding hydrogens is 296 g/mol. The number of benzene rings is 2. The Balaban J connectivity index is 2.02. The quantitative estimate of drug-likeness (QED) is 0.719. The summed E-state index contributed by atoms with van der Waals surface area (Å²) < 4.78 is 55.5. The first kappa shape index (κ1) is 14.7. The van der Waals surface area contributed by atoms with Gasteiger partial charge in [0.2, 0.25) is 0 Å². The van der Waals surface area contributed by atoms with Gasteiger partial charge in [0.05, 0.1) is 10.6 Å². The summed E-state index contributed by atoms with van der Waals surface area (Å²) in [4.78, 5) is 0. The molecule has 0 aliphatic carbocycles. The summed E-state index contributed by atoms with van der Waals surface area (Å²) in [6.45, 7) is 0.0409. The summed E-state index contributed by atoms with van der Waals surface area (Å²) >= 11 is 5.52. The Bertz CT molecular complexity index is 593. The zero-order valence-corrected chi connectivity index (χ0v) is 10.8. The normalized spacial score (nSPS) is 11.4. The molecule has 0 unspecified atom stereocenters. The lowest BCUT2D eigenvalue weighted by atomic mass is 10.1. The molecule has 0 heterocycles. The Morgan fingerprint density at radius 3 is 2.20 bits per heavy atom. The lowest BCUT2D eigenvalue weighted by Crippen LogP contribution is -2.05. The molecule has 0 radical (unpaired) electrons. The molecule has 0 N–H and O–H groups in total. The molecule has 2 rings (SSSR count). The third kappa shape index (κ3) is 3.63. The zero-order valence-electron chi connectivity index (χ0n) is 10.0. The van der Waals surface area contributed by atoms with Crippen LogP contribution in [0.25, 0.3) is 0 Å². The van der Waals surface area contributed by atoms with E-state index in [4.69, 9.17) is 16.3 Å². The summed E-state index contributed by atoms with van der Waals surface area (Å²) in [6, 6.07) is 8.52. The van der Waals surface area contributed by atoms with E-state index in [1.807, 2.05) is 0 Å². The smallest absolute Gasteiger partial charge is 0.416 e. The van der Waals surface area contributed by atoms with E-state index < -0.39 is 17.6 Å². The van der Waals surface area contributed by atoms with E-state index in [1.165, 1.54) is 24.3 Å². The molecule has 0 aromatic heterocycles. The molecule has 2 aromatic carbocycles. The molecule has 20 heavy (non-hydrogen) atoms. The summed E-state index contributed by atoms with van der Waals surface area (Å²) in [5, 5.41) is -0.0214. The van der Waals surface area contributed by atoms with Gasteiger partial charge in [0.15, 0.2) is 0 Å². The van der Waals surface area contributed by atoms with Crippen molar-refractivity contribution in [1.29, 1.82) is 0 Å². The molecule has 0 aliphatic rings. The third-order valence-electron chi connectivity index (χ3n) is 2.58. The second-order valence-electron chi connectivity index (χ2n) is 4.06. The topological polar surface area (TPSA) is 9.23 Å². The number of ether oxygens (including phenoxy) is 1. The van der Waals surface area contributed by atoms with Crippen LogP contribution in [0.1, 0.15) is 11.1 Å². The highest BCUT2D eigenvalue weighted by molar-refractivity contribution is 6.30. The molecule has 0 aliphatic heterocycles. The minimum absolute atomic E-state index is 0.0214. The average Bonchev–Trinajstić information content (AvgIpc) is 2.40. The second kappa shape index (κ2) is 5.71. The van der Waals surface area contributed by atoms with Crippen LogP contribution < -0.4 is 4.74 Å². The predicted molar refractivity (Wildman–Crippen MR) is 67.2 cm³/mol. The van der Waals surface area contributed by atoms with Gasteiger partial charge in [-0.05, 0) is 29.8 Å². The monoisotopic (exact) mass is 304 g/mol.